The van der Waals surface area contributed by atoms with Crippen molar-refractivity contribution < 1.29 is 9.18 Å². The minimum Gasteiger partial charge on any atom is -0.348 e. The Kier molecular flexibility index (Phi) is 3.10. The molecule has 0 aliphatic rings. The summed E-state index contributed by atoms with van der Waals surface area (Å²) < 4.78 is 12.9. The van der Waals surface area contributed by atoms with Gasteiger partial charge in [0.2, 0.25) is 0 Å². The van der Waals surface area contributed by atoms with Crippen LogP contribution in [0.2, 0.25) is 0 Å². The maximum Gasteiger partial charge on any atom is 0.144 e. The van der Waals surface area contributed by atoms with E-state index in [4.69, 9.17) is 0 Å². The van der Waals surface area contributed by atoms with Crippen LogP contribution in [0.25, 0.3) is 0 Å². The Morgan fingerprint density at radius 2 is 2.25 bits per heavy atom. The van der Waals surface area contributed by atoms with Gasteiger partial charge in [-0.1, -0.05) is 12.1 Å². The zero-order valence-corrected chi connectivity index (χ0v) is 8.61. The number of halogens is 1. The number of benzene rings is 1. The molecule has 16 heavy (non-hydrogen) atoms. The van der Waals surface area contributed by atoms with Crippen molar-refractivity contribution in [3.63, 3.8) is 0 Å². The van der Waals surface area contributed by atoms with Crippen LogP contribution in [0.15, 0.2) is 36.7 Å². The smallest absolute Gasteiger partial charge is 0.144 e. The molecule has 3 nitrogen and oxygen atoms in total. The first-order chi connectivity index (χ1) is 7.74. The quantitative estimate of drug-likeness (QED) is 0.851. The van der Waals surface area contributed by atoms with Gasteiger partial charge in [0.15, 0.2) is 0 Å². The average Bonchev–Trinajstić information content (AvgIpc) is 2.70. The van der Waals surface area contributed by atoms with Crippen LogP contribution < -0.4 is 0 Å². The zero-order chi connectivity index (χ0) is 11.4. The van der Waals surface area contributed by atoms with E-state index >= 15 is 0 Å². The molecule has 0 saturated carbocycles. The summed E-state index contributed by atoms with van der Waals surface area (Å²) in [6, 6.07) is 6.08. The van der Waals surface area contributed by atoms with Crippen LogP contribution in [0, 0.1) is 5.82 Å². The molecule has 0 unspecified atom stereocenters. The van der Waals surface area contributed by atoms with Gasteiger partial charge in [0.25, 0.3) is 0 Å². The van der Waals surface area contributed by atoms with Crippen molar-refractivity contribution in [2.45, 2.75) is 12.8 Å². The third-order valence-electron chi connectivity index (χ3n) is 2.21. The van der Waals surface area contributed by atoms with Gasteiger partial charge in [-0.05, 0) is 17.7 Å². The fraction of sp³-hybridized carbons (Fsp3) is 0.167. The highest BCUT2D eigenvalue weighted by Gasteiger charge is 2.07. The van der Waals surface area contributed by atoms with Gasteiger partial charge in [-0.3, -0.25) is 4.79 Å². The van der Waals surface area contributed by atoms with Crippen LogP contribution in [0.3, 0.4) is 0 Å². The molecule has 1 N–H and O–H groups in total. The lowest BCUT2D eigenvalue weighted by Gasteiger charge is -1.99. The Balaban J connectivity index is 1.97. The first-order valence-corrected chi connectivity index (χ1v) is 4.98. The lowest BCUT2D eigenvalue weighted by Crippen LogP contribution is -2.07. The highest BCUT2D eigenvalue weighted by Crippen LogP contribution is 2.06. The number of ketones is 1. The minimum absolute atomic E-state index is 0.0144. The molecule has 0 aliphatic heterocycles. The lowest BCUT2D eigenvalue weighted by molar-refractivity contribution is -0.117. The Hall–Kier alpha value is -1.97. The Bertz CT molecular complexity index is 480. The van der Waals surface area contributed by atoms with Crippen LogP contribution in [0.4, 0.5) is 4.39 Å². The number of aromatic nitrogens is 2. The third-order valence-corrected chi connectivity index (χ3v) is 2.21. The molecule has 0 aliphatic carbocycles. The number of H-pyrrole nitrogens is 1. The number of aromatic amines is 1. The van der Waals surface area contributed by atoms with Gasteiger partial charge in [-0.2, -0.15) is 0 Å². The fourth-order valence-corrected chi connectivity index (χ4v) is 1.52. The molecular formula is C12H11FN2O. The fourth-order valence-electron chi connectivity index (χ4n) is 1.52. The molecule has 2 rings (SSSR count). The van der Waals surface area contributed by atoms with Crippen molar-refractivity contribution in [2.24, 2.45) is 0 Å². The number of imidazole rings is 1. The van der Waals surface area contributed by atoms with E-state index < -0.39 is 0 Å². The van der Waals surface area contributed by atoms with Gasteiger partial charge in [-0.25, -0.2) is 9.37 Å². The predicted molar refractivity (Wildman–Crippen MR) is 57.4 cm³/mol. The standard InChI is InChI=1S/C12H11FN2O/c13-10-3-1-2-9(6-10)7-11(16)8-12-14-4-5-15-12/h1-6H,7-8H2,(H,14,15). The number of hydrogen-bond acceptors (Lipinski definition) is 2. The van der Waals surface area contributed by atoms with Crippen molar-refractivity contribution in [2.75, 3.05) is 0 Å². The summed E-state index contributed by atoms with van der Waals surface area (Å²) in [7, 11) is 0. The number of carbonyl (C=O) groups is 1. The number of carbonyl (C=O) groups excluding carboxylic acids is 1. The predicted octanol–water partition coefficient (Wildman–Crippen LogP) is 1.90. The van der Waals surface area contributed by atoms with Gasteiger partial charge >= 0.3 is 0 Å². The maximum absolute atomic E-state index is 12.9. The molecule has 0 amide bonds. The van der Waals surface area contributed by atoms with Crippen molar-refractivity contribution in [3.05, 3.63) is 53.9 Å². The van der Waals surface area contributed by atoms with E-state index in [-0.39, 0.29) is 24.4 Å². The van der Waals surface area contributed by atoms with Crippen LogP contribution in [0.1, 0.15) is 11.4 Å². The molecule has 4 heteroatoms. The molecule has 0 fully saturated rings. The number of rotatable bonds is 4. The molecule has 82 valence electrons. The van der Waals surface area contributed by atoms with E-state index in [1.54, 1.807) is 24.5 Å². The normalized spacial score (nSPS) is 10.3. The minimum atomic E-state index is -0.316. The maximum atomic E-state index is 12.9. The number of Topliss-reactive ketones (excluding diaryl/α,β-unsaturated/α-hetero) is 1. The summed E-state index contributed by atoms with van der Waals surface area (Å²) >= 11 is 0. The largest absolute Gasteiger partial charge is 0.348 e. The Morgan fingerprint density at radius 3 is 2.94 bits per heavy atom. The molecule has 0 saturated heterocycles. The zero-order valence-electron chi connectivity index (χ0n) is 8.61. The molecule has 0 bridgehead atoms. The van der Waals surface area contributed by atoms with Crippen molar-refractivity contribution in [1.82, 2.24) is 9.97 Å². The van der Waals surface area contributed by atoms with Gasteiger partial charge < -0.3 is 4.98 Å². The molecule has 1 heterocycles. The Morgan fingerprint density at radius 1 is 1.38 bits per heavy atom. The molecule has 0 radical (unpaired) electrons. The highest BCUT2D eigenvalue weighted by molar-refractivity contribution is 5.82. The van der Waals surface area contributed by atoms with E-state index in [1.807, 2.05) is 0 Å². The second-order valence-electron chi connectivity index (χ2n) is 3.56. The van der Waals surface area contributed by atoms with Crippen molar-refractivity contribution in [3.8, 4) is 0 Å². The first-order valence-electron chi connectivity index (χ1n) is 4.98. The van der Waals surface area contributed by atoms with Gasteiger partial charge in [0.1, 0.15) is 17.4 Å². The van der Waals surface area contributed by atoms with Gasteiger partial charge in [-0.15, -0.1) is 0 Å². The van der Waals surface area contributed by atoms with Crippen LogP contribution >= 0.6 is 0 Å². The Labute approximate surface area is 92.3 Å². The summed E-state index contributed by atoms with van der Waals surface area (Å²) in [5.41, 5.74) is 0.691. The molecule has 2 aromatic rings. The van der Waals surface area contributed by atoms with E-state index in [0.29, 0.717) is 11.4 Å². The third kappa shape index (κ3) is 2.76. The summed E-state index contributed by atoms with van der Waals surface area (Å²) in [6.45, 7) is 0. The molecule has 0 spiro atoms. The number of hydrogen-bond donors (Lipinski definition) is 1. The summed E-state index contributed by atoms with van der Waals surface area (Å²) in [5, 5.41) is 0. The topological polar surface area (TPSA) is 45.8 Å². The van der Waals surface area contributed by atoms with Gasteiger partial charge in [0, 0.05) is 18.8 Å². The first kappa shape index (κ1) is 10.5. The number of nitrogens with zero attached hydrogens (tertiary/aromatic N) is 1. The van der Waals surface area contributed by atoms with Crippen LogP contribution in [0.5, 0.6) is 0 Å². The average molecular weight is 218 g/mol. The summed E-state index contributed by atoms with van der Waals surface area (Å²) in [5.74, 6) is 0.338. The molecular weight excluding hydrogens is 207 g/mol. The van der Waals surface area contributed by atoms with E-state index in [0.717, 1.165) is 0 Å². The van der Waals surface area contributed by atoms with E-state index in [1.165, 1.54) is 12.1 Å². The number of nitrogens with one attached hydrogen (secondary N) is 1. The van der Waals surface area contributed by atoms with Gasteiger partial charge in [0.05, 0.1) is 6.42 Å². The molecule has 1 aromatic heterocycles. The SMILES string of the molecule is O=C(Cc1cccc(F)c1)Cc1ncc[nH]1. The highest BCUT2D eigenvalue weighted by atomic mass is 19.1. The van der Waals surface area contributed by atoms with Crippen molar-refractivity contribution in [1.29, 1.82) is 0 Å². The lowest BCUT2D eigenvalue weighted by atomic mass is 10.1. The molecule has 1 aromatic carbocycles. The second-order valence-corrected chi connectivity index (χ2v) is 3.56. The molecule has 0 atom stereocenters. The second kappa shape index (κ2) is 4.70. The summed E-state index contributed by atoms with van der Waals surface area (Å²) in [4.78, 5) is 18.4. The van der Waals surface area contributed by atoms with E-state index in [2.05, 4.69) is 9.97 Å². The summed E-state index contributed by atoms with van der Waals surface area (Å²) in [6.07, 6.45) is 3.76. The van der Waals surface area contributed by atoms with Crippen LogP contribution in [-0.2, 0) is 17.6 Å². The van der Waals surface area contributed by atoms with E-state index in [9.17, 15) is 9.18 Å². The monoisotopic (exact) mass is 218 g/mol. The van der Waals surface area contributed by atoms with Crippen molar-refractivity contribution >= 4 is 5.78 Å². The van der Waals surface area contributed by atoms with Crippen LogP contribution in [-0.4, -0.2) is 15.8 Å².